The largest absolute Gasteiger partial charge is 0.454 e. The highest BCUT2D eigenvalue weighted by atomic mass is 35.5. The molecule has 6 nitrogen and oxygen atoms in total. The van der Waals surface area contributed by atoms with Gasteiger partial charge in [-0.2, -0.15) is 0 Å². The molecule has 0 aromatic heterocycles. The predicted octanol–water partition coefficient (Wildman–Crippen LogP) is 2.87. The van der Waals surface area contributed by atoms with E-state index in [9.17, 15) is 13.2 Å². The standard InChI is InChI=1S/C16H14ClNO5S/c17-12-3-1-2-4-15(12)24(20,21)8-7-16(19)18-11-5-6-13-14(9-11)23-10-22-13/h1-6,9H,7-8,10H2,(H,18,19). The fraction of sp³-hybridized carbons (Fsp3) is 0.188. The van der Waals surface area contributed by atoms with E-state index in [2.05, 4.69) is 5.32 Å². The maximum Gasteiger partial charge on any atom is 0.231 e. The molecule has 1 N–H and O–H groups in total. The van der Waals surface area contributed by atoms with Crippen molar-refractivity contribution >= 4 is 33.0 Å². The second kappa shape index (κ2) is 6.70. The molecule has 8 heteroatoms. The third-order valence-corrected chi connectivity index (χ3v) is 5.64. The van der Waals surface area contributed by atoms with Crippen molar-refractivity contribution < 1.29 is 22.7 Å². The van der Waals surface area contributed by atoms with Gasteiger partial charge in [0, 0.05) is 18.2 Å². The Morgan fingerprint density at radius 1 is 1.12 bits per heavy atom. The molecule has 0 unspecified atom stereocenters. The number of carbonyl (C=O) groups is 1. The van der Waals surface area contributed by atoms with E-state index in [4.69, 9.17) is 21.1 Å². The number of carbonyl (C=O) groups excluding carboxylic acids is 1. The van der Waals surface area contributed by atoms with Crippen molar-refractivity contribution in [3.05, 3.63) is 47.5 Å². The summed E-state index contributed by atoms with van der Waals surface area (Å²) in [5.41, 5.74) is 0.513. The molecule has 0 saturated carbocycles. The van der Waals surface area contributed by atoms with Crippen molar-refractivity contribution in [2.75, 3.05) is 17.9 Å². The Hall–Kier alpha value is -2.25. The van der Waals surface area contributed by atoms with Crippen LogP contribution in [-0.2, 0) is 14.6 Å². The second-order valence-electron chi connectivity index (χ2n) is 5.12. The molecule has 0 aliphatic carbocycles. The highest BCUT2D eigenvalue weighted by Crippen LogP contribution is 2.34. The van der Waals surface area contributed by atoms with Gasteiger partial charge in [-0.25, -0.2) is 8.42 Å². The number of rotatable bonds is 5. The Morgan fingerprint density at radius 2 is 1.88 bits per heavy atom. The first-order valence-electron chi connectivity index (χ1n) is 7.12. The molecule has 1 aliphatic rings. The van der Waals surface area contributed by atoms with Crippen LogP contribution in [0.25, 0.3) is 0 Å². The van der Waals surface area contributed by atoms with E-state index in [-0.39, 0.29) is 28.9 Å². The van der Waals surface area contributed by atoms with Gasteiger partial charge in [-0.3, -0.25) is 4.79 Å². The summed E-state index contributed by atoms with van der Waals surface area (Å²) < 4.78 is 34.9. The number of ether oxygens (including phenoxy) is 2. The van der Waals surface area contributed by atoms with Gasteiger partial charge in [0.15, 0.2) is 21.3 Å². The van der Waals surface area contributed by atoms with Crippen LogP contribution in [0.3, 0.4) is 0 Å². The average Bonchev–Trinajstić information content (AvgIpc) is 3.01. The molecule has 1 amide bonds. The average molecular weight is 368 g/mol. The number of sulfone groups is 1. The number of anilines is 1. The molecule has 2 aromatic rings. The van der Waals surface area contributed by atoms with Crippen molar-refractivity contribution in [1.29, 1.82) is 0 Å². The fourth-order valence-electron chi connectivity index (χ4n) is 2.23. The van der Waals surface area contributed by atoms with Gasteiger partial charge in [-0.15, -0.1) is 0 Å². The fourth-order valence-corrected chi connectivity index (χ4v) is 4.05. The summed E-state index contributed by atoms with van der Waals surface area (Å²) in [4.78, 5) is 12.0. The second-order valence-corrected chi connectivity index (χ2v) is 7.60. The molecule has 3 rings (SSSR count). The number of amides is 1. The SMILES string of the molecule is O=C(CCS(=O)(=O)c1ccccc1Cl)Nc1ccc2c(c1)OCO2. The molecule has 0 saturated heterocycles. The summed E-state index contributed by atoms with van der Waals surface area (Å²) in [6.45, 7) is 0.142. The first-order chi connectivity index (χ1) is 11.5. The molecule has 2 aromatic carbocycles. The molecule has 0 spiro atoms. The number of hydrogen-bond acceptors (Lipinski definition) is 5. The Morgan fingerprint density at radius 3 is 2.67 bits per heavy atom. The highest BCUT2D eigenvalue weighted by Gasteiger charge is 2.20. The number of fused-ring (bicyclic) bond motifs is 1. The summed E-state index contributed by atoms with van der Waals surface area (Å²) in [6, 6.07) is 11.1. The van der Waals surface area contributed by atoms with E-state index in [1.807, 2.05) is 0 Å². The van der Waals surface area contributed by atoms with Crippen LogP contribution >= 0.6 is 11.6 Å². The van der Waals surface area contributed by atoms with Gasteiger partial charge in [0.1, 0.15) is 0 Å². The lowest BCUT2D eigenvalue weighted by atomic mass is 10.2. The quantitative estimate of drug-likeness (QED) is 0.878. The molecule has 126 valence electrons. The van der Waals surface area contributed by atoms with E-state index in [1.165, 1.54) is 12.1 Å². The Kier molecular flexibility index (Phi) is 4.64. The molecule has 0 bridgehead atoms. The lowest BCUT2D eigenvalue weighted by Crippen LogP contribution is -2.17. The van der Waals surface area contributed by atoms with Crippen LogP contribution in [0.2, 0.25) is 5.02 Å². The van der Waals surface area contributed by atoms with Crippen molar-refractivity contribution in [3.8, 4) is 11.5 Å². The van der Waals surface area contributed by atoms with Crippen molar-refractivity contribution in [3.63, 3.8) is 0 Å². The summed E-state index contributed by atoms with van der Waals surface area (Å²) in [5, 5.41) is 2.79. The molecule has 24 heavy (non-hydrogen) atoms. The number of hydrogen-bond donors (Lipinski definition) is 1. The normalized spacial score (nSPS) is 12.9. The van der Waals surface area contributed by atoms with E-state index in [0.29, 0.717) is 17.2 Å². The first kappa shape index (κ1) is 16.6. The van der Waals surface area contributed by atoms with Crippen LogP contribution < -0.4 is 14.8 Å². The van der Waals surface area contributed by atoms with Crippen LogP contribution in [0.1, 0.15) is 6.42 Å². The van der Waals surface area contributed by atoms with Gasteiger partial charge in [-0.1, -0.05) is 23.7 Å². The minimum Gasteiger partial charge on any atom is -0.454 e. The van der Waals surface area contributed by atoms with Gasteiger partial charge >= 0.3 is 0 Å². The van der Waals surface area contributed by atoms with Crippen molar-refractivity contribution in [1.82, 2.24) is 0 Å². The smallest absolute Gasteiger partial charge is 0.231 e. The topological polar surface area (TPSA) is 81.7 Å². The minimum atomic E-state index is -3.63. The molecular formula is C16H14ClNO5S. The van der Waals surface area contributed by atoms with Crippen molar-refractivity contribution in [2.45, 2.75) is 11.3 Å². The lowest BCUT2D eigenvalue weighted by Gasteiger charge is -2.08. The number of halogens is 1. The summed E-state index contributed by atoms with van der Waals surface area (Å²) >= 11 is 5.90. The minimum absolute atomic E-state index is 0.0301. The molecule has 1 aliphatic heterocycles. The van der Waals surface area contributed by atoms with E-state index < -0.39 is 15.7 Å². The lowest BCUT2D eigenvalue weighted by molar-refractivity contribution is -0.115. The molecule has 0 atom stereocenters. The van der Waals surface area contributed by atoms with Gasteiger partial charge in [0.25, 0.3) is 0 Å². The van der Waals surface area contributed by atoms with E-state index in [0.717, 1.165) is 0 Å². The third-order valence-electron chi connectivity index (χ3n) is 3.43. The van der Waals surface area contributed by atoms with Gasteiger partial charge < -0.3 is 14.8 Å². The zero-order chi connectivity index (χ0) is 17.2. The predicted molar refractivity (Wildman–Crippen MR) is 89.3 cm³/mol. The summed E-state index contributed by atoms with van der Waals surface area (Å²) in [5.74, 6) is 0.405. The zero-order valence-electron chi connectivity index (χ0n) is 12.5. The maximum absolute atomic E-state index is 12.3. The molecule has 1 heterocycles. The van der Waals surface area contributed by atoms with Gasteiger partial charge in [0.2, 0.25) is 12.7 Å². The van der Waals surface area contributed by atoms with Crippen LogP contribution in [0, 0.1) is 0 Å². The highest BCUT2D eigenvalue weighted by molar-refractivity contribution is 7.91. The first-order valence-corrected chi connectivity index (χ1v) is 9.15. The van der Waals surface area contributed by atoms with Gasteiger partial charge in [0.05, 0.1) is 15.7 Å². The van der Waals surface area contributed by atoms with E-state index >= 15 is 0 Å². The number of nitrogens with one attached hydrogen (secondary N) is 1. The maximum atomic E-state index is 12.3. The monoisotopic (exact) mass is 367 g/mol. The molecular weight excluding hydrogens is 354 g/mol. The Bertz CT molecular complexity index is 882. The van der Waals surface area contributed by atoms with Crippen molar-refractivity contribution in [2.24, 2.45) is 0 Å². The summed E-state index contributed by atoms with van der Waals surface area (Å²) in [6.07, 6.45) is -0.179. The van der Waals surface area contributed by atoms with Crippen LogP contribution in [0.4, 0.5) is 5.69 Å². The number of benzene rings is 2. The van der Waals surface area contributed by atoms with Crippen LogP contribution in [0.5, 0.6) is 11.5 Å². The summed E-state index contributed by atoms with van der Waals surface area (Å²) in [7, 11) is -3.63. The molecule has 0 radical (unpaired) electrons. The van der Waals surface area contributed by atoms with Crippen LogP contribution in [0.15, 0.2) is 47.4 Å². The third kappa shape index (κ3) is 3.63. The Balaban J connectivity index is 1.62. The van der Waals surface area contributed by atoms with E-state index in [1.54, 1.807) is 30.3 Å². The Labute approximate surface area is 144 Å². The zero-order valence-corrected chi connectivity index (χ0v) is 14.1. The van der Waals surface area contributed by atoms with Crippen LogP contribution in [-0.4, -0.2) is 26.9 Å². The van der Waals surface area contributed by atoms with Gasteiger partial charge in [-0.05, 0) is 24.3 Å². The molecule has 0 fully saturated rings.